The van der Waals surface area contributed by atoms with Crippen LogP contribution in [-0.4, -0.2) is 15.5 Å². The second-order valence-electron chi connectivity index (χ2n) is 4.21. The van der Waals surface area contributed by atoms with Crippen molar-refractivity contribution in [2.24, 2.45) is 0 Å². The molecule has 0 saturated carbocycles. The van der Waals surface area contributed by atoms with E-state index < -0.39 is 9.84 Å². The number of nitriles is 1. The van der Waals surface area contributed by atoms with Crippen LogP contribution in [0.2, 0.25) is 0 Å². The molecule has 2 rings (SSSR count). The van der Waals surface area contributed by atoms with Crippen molar-refractivity contribution in [3.63, 3.8) is 0 Å². The standard InChI is InChI=1S/C16H13NO3S/c1-20-14-7-5-6-13(10-14)11-16(12-17)21(18,19)15-8-3-2-4-9-15/h2-11H,1H3. The van der Waals surface area contributed by atoms with Gasteiger partial charge in [-0.15, -0.1) is 0 Å². The van der Waals surface area contributed by atoms with Crippen LogP contribution in [0.15, 0.2) is 64.4 Å². The Bertz CT molecular complexity index is 803. The number of hydrogen-bond acceptors (Lipinski definition) is 4. The largest absolute Gasteiger partial charge is 0.497 e. The second kappa shape index (κ2) is 6.25. The van der Waals surface area contributed by atoms with Gasteiger partial charge in [0.15, 0.2) is 0 Å². The fourth-order valence-electron chi connectivity index (χ4n) is 1.78. The molecule has 0 bridgehead atoms. The molecule has 0 aliphatic rings. The number of sulfone groups is 1. The van der Waals surface area contributed by atoms with Crippen molar-refractivity contribution in [3.05, 3.63) is 65.1 Å². The van der Waals surface area contributed by atoms with Crippen LogP contribution in [0, 0.1) is 11.3 Å². The van der Waals surface area contributed by atoms with Gasteiger partial charge in [-0.1, -0.05) is 30.3 Å². The molecule has 2 aromatic rings. The molecule has 0 amide bonds. The van der Waals surface area contributed by atoms with E-state index in [1.54, 1.807) is 48.5 Å². The monoisotopic (exact) mass is 299 g/mol. The zero-order valence-corrected chi connectivity index (χ0v) is 12.2. The Kier molecular flexibility index (Phi) is 4.41. The summed E-state index contributed by atoms with van der Waals surface area (Å²) in [7, 11) is -2.29. The van der Waals surface area contributed by atoms with Crippen LogP contribution in [0.25, 0.3) is 6.08 Å². The van der Waals surface area contributed by atoms with Crippen LogP contribution in [0.1, 0.15) is 5.56 Å². The predicted molar refractivity (Wildman–Crippen MR) is 80.2 cm³/mol. The molecule has 106 valence electrons. The highest BCUT2D eigenvalue weighted by Gasteiger charge is 2.20. The van der Waals surface area contributed by atoms with Gasteiger partial charge in [-0.2, -0.15) is 5.26 Å². The van der Waals surface area contributed by atoms with Gasteiger partial charge in [0.2, 0.25) is 9.84 Å². The van der Waals surface area contributed by atoms with Crippen molar-refractivity contribution in [3.8, 4) is 11.8 Å². The van der Waals surface area contributed by atoms with E-state index in [-0.39, 0.29) is 9.80 Å². The summed E-state index contributed by atoms with van der Waals surface area (Å²) in [6.07, 6.45) is 1.34. The molecule has 21 heavy (non-hydrogen) atoms. The van der Waals surface area contributed by atoms with Gasteiger partial charge in [-0.05, 0) is 35.9 Å². The van der Waals surface area contributed by atoms with Crippen molar-refractivity contribution < 1.29 is 13.2 Å². The molecule has 0 aromatic heterocycles. The summed E-state index contributed by atoms with van der Waals surface area (Å²) in [6.45, 7) is 0. The van der Waals surface area contributed by atoms with Gasteiger partial charge >= 0.3 is 0 Å². The summed E-state index contributed by atoms with van der Waals surface area (Å²) in [6, 6.07) is 16.5. The third-order valence-electron chi connectivity index (χ3n) is 2.84. The van der Waals surface area contributed by atoms with Gasteiger partial charge in [-0.25, -0.2) is 8.42 Å². The van der Waals surface area contributed by atoms with Gasteiger partial charge in [0.1, 0.15) is 16.7 Å². The topological polar surface area (TPSA) is 67.2 Å². The summed E-state index contributed by atoms with van der Waals surface area (Å²) in [4.78, 5) is -0.206. The molecule has 4 nitrogen and oxygen atoms in total. The van der Waals surface area contributed by atoms with Crippen molar-refractivity contribution in [2.75, 3.05) is 7.11 Å². The lowest BCUT2D eigenvalue weighted by Gasteiger charge is -2.04. The lowest BCUT2D eigenvalue weighted by atomic mass is 10.2. The van der Waals surface area contributed by atoms with Crippen molar-refractivity contribution >= 4 is 15.9 Å². The predicted octanol–water partition coefficient (Wildman–Crippen LogP) is 3.03. The zero-order chi connectivity index (χ0) is 15.3. The molecule has 0 atom stereocenters. The number of hydrogen-bond donors (Lipinski definition) is 0. The number of ether oxygens (including phenoxy) is 1. The summed E-state index contributed by atoms with van der Waals surface area (Å²) in [5.41, 5.74) is 0.588. The van der Waals surface area contributed by atoms with E-state index in [4.69, 9.17) is 4.74 Å². The van der Waals surface area contributed by atoms with E-state index in [9.17, 15) is 13.7 Å². The molecular weight excluding hydrogens is 286 g/mol. The van der Waals surface area contributed by atoms with E-state index in [0.29, 0.717) is 11.3 Å². The van der Waals surface area contributed by atoms with E-state index in [0.717, 1.165) is 0 Å². The molecule has 2 aromatic carbocycles. The Labute approximate surface area is 123 Å². The van der Waals surface area contributed by atoms with Crippen molar-refractivity contribution in [2.45, 2.75) is 4.90 Å². The summed E-state index contributed by atoms with van der Waals surface area (Å²) in [5, 5.41) is 9.18. The van der Waals surface area contributed by atoms with Gasteiger partial charge in [0.25, 0.3) is 0 Å². The molecule has 0 unspecified atom stereocenters. The molecule has 0 radical (unpaired) electrons. The van der Waals surface area contributed by atoms with Crippen LogP contribution in [-0.2, 0) is 9.84 Å². The van der Waals surface area contributed by atoms with Gasteiger partial charge in [-0.3, -0.25) is 0 Å². The molecule has 5 heteroatoms. The second-order valence-corrected chi connectivity index (χ2v) is 6.13. The van der Waals surface area contributed by atoms with Crippen LogP contribution < -0.4 is 4.74 Å². The van der Waals surface area contributed by atoms with Gasteiger partial charge in [0.05, 0.1) is 12.0 Å². The molecule has 0 aliphatic heterocycles. The minimum atomic E-state index is -3.81. The number of methoxy groups -OCH3 is 1. The van der Waals surface area contributed by atoms with Gasteiger partial charge < -0.3 is 4.74 Å². The summed E-state index contributed by atoms with van der Waals surface area (Å²) >= 11 is 0. The molecule has 0 heterocycles. The zero-order valence-electron chi connectivity index (χ0n) is 11.4. The minimum absolute atomic E-state index is 0.0979. The number of rotatable bonds is 4. The molecular formula is C16H13NO3S. The normalized spacial score (nSPS) is 11.7. The lowest BCUT2D eigenvalue weighted by Crippen LogP contribution is -2.03. The number of allylic oxidation sites excluding steroid dienone is 1. The van der Waals surface area contributed by atoms with Crippen molar-refractivity contribution in [1.82, 2.24) is 0 Å². The molecule has 0 saturated heterocycles. The average Bonchev–Trinajstić information content (AvgIpc) is 2.53. The first-order chi connectivity index (χ1) is 10.1. The fourth-order valence-corrected chi connectivity index (χ4v) is 2.96. The highest BCUT2D eigenvalue weighted by Crippen LogP contribution is 2.22. The quantitative estimate of drug-likeness (QED) is 0.814. The smallest absolute Gasteiger partial charge is 0.216 e. The van der Waals surface area contributed by atoms with E-state index in [1.807, 2.05) is 0 Å². The Hall–Kier alpha value is -2.58. The molecule has 0 N–H and O–H groups in total. The van der Waals surface area contributed by atoms with Crippen LogP contribution in [0.4, 0.5) is 0 Å². The van der Waals surface area contributed by atoms with Gasteiger partial charge in [0, 0.05) is 0 Å². The third-order valence-corrected chi connectivity index (χ3v) is 4.53. The van der Waals surface area contributed by atoms with E-state index >= 15 is 0 Å². The Morgan fingerprint density at radius 1 is 1.14 bits per heavy atom. The van der Waals surface area contributed by atoms with E-state index in [1.165, 1.54) is 25.3 Å². The number of benzene rings is 2. The fraction of sp³-hybridized carbons (Fsp3) is 0.0625. The first-order valence-corrected chi connectivity index (χ1v) is 7.62. The molecule has 0 spiro atoms. The minimum Gasteiger partial charge on any atom is -0.497 e. The molecule has 0 aliphatic carbocycles. The SMILES string of the molecule is COc1cccc(C=C(C#N)S(=O)(=O)c2ccccc2)c1. The Balaban J connectivity index is 2.49. The average molecular weight is 299 g/mol. The Morgan fingerprint density at radius 2 is 1.86 bits per heavy atom. The summed E-state index contributed by atoms with van der Waals surface area (Å²) < 4.78 is 29.9. The maximum absolute atomic E-state index is 12.4. The maximum atomic E-state index is 12.4. The molecule has 0 fully saturated rings. The van der Waals surface area contributed by atoms with E-state index in [2.05, 4.69) is 0 Å². The first-order valence-electron chi connectivity index (χ1n) is 6.14. The highest BCUT2D eigenvalue weighted by molar-refractivity contribution is 7.95. The van der Waals surface area contributed by atoms with Crippen LogP contribution in [0.5, 0.6) is 5.75 Å². The lowest BCUT2D eigenvalue weighted by molar-refractivity contribution is 0.414. The maximum Gasteiger partial charge on any atom is 0.216 e. The summed E-state index contributed by atoms with van der Waals surface area (Å²) in [5.74, 6) is 0.596. The van der Waals surface area contributed by atoms with Crippen molar-refractivity contribution in [1.29, 1.82) is 5.26 Å². The third kappa shape index (κ3) is 3.30. The number of nitrogens with zero attached hydrogens (tertiary/aromatic N) is 1. The van der Waals surface area contributed by atoms with Crippen LogP contribution in [0.3, 0.4) is 0 Å². The Morgan fingerprint density at radius 3 is 2.48 bits per heavy atom. The van der Waals surface area contributed by atoms with Crippen LogP contribution >= 0.6 is 0 Å². The first kappa shape index (κ1) is 14.8. The highest BCUT2D eigenvalue weighted by atomic mass is 32.2.